The lowest BCUT2D eigenvalue weighted by molar-refractivity contribution is -0.121. The Labute approximate surface area is 172 Å². The van der Waals surface area contributed by atoms with Crippen LogP contribution < -0.4 is 10.2 Å². The molecule has 150 valence electrons. The highest BCUT2D eigenvalue weighted by molar-refractivity contribution is 6.30. The Morgan fingerprint density at radius 3 is 2.39 bits per heavy atom. The van der Waals surface area contributed by atoms with Crippen molar-refractivity contribution in [3.05, 3.63) is 64.7 Å². The molecular weight excluding hydrogens is 372 g/mol. The first-order chi connectivity index (χ1) is 13.7. The Balaban J connectivity index is 1.65. The third-order valence-electron chi connectivity index (χ3n) is 4.36. The number of unbranched alkanes of at least 4 members (excludes halogenated alkanes) is 5. The van der Waals surface area contributed by atoms with Gasteiger partial charge in [-0.2, -0.15) is 5.10 Å². The number of hydrogen-bond donors (Lipinski definition) is 1. The summed E-state index contributed by atoms with van der Waals surface area (Å²) in [7, 11) is 0. The number of carbonyl (C=O) groups is 1. The van der Waals surface area contributed by atoms with Crippen LogP contribution in [0.1, 0.15) is 63.0 Å². The summed E-state index contributed by atoms with van der Waals surface area (Å²) in [5.74, 6) is 0.744. The van der Waals surface area contributed by atoms with Crippen molar-refractivity contribution >= 4 is 23.7 Å². The Hall–Kier alpha value is -2.33. The van der Waals surface area contributed by atoms with Crippen LogP contribution in [0.3, 0.4) is 0 Å². The van der Waals surface area contributed by atoms with Crippen LogP contribution in [0.4, 0.5) is 0 Å². The molecule has 1 N–H and O–H groups in total. The van der Waals surface area contributed by atoms with E-state index in [1.807, 2.05) is 48.5 Å². The van der Waals surface area contributed by atoms with Gasteiger partial charge in [-0.15, -0.1) is 0 Å². The molecule has 0 spiro atoms. The van der Waals surface area contributed by atoms with E-state index >= 15 is 0 Å². The second kappa shape index (κ2) is 12.9. The van der Waals surface area contributed by atoms with Gasteiger partial charge in [-0.1, -0.05) is 62.8 Å². The Bertz CT molecular complexity index is 727. The van der Waals surface area contributed by atoms with Gasteiger partial charge in [0.1, 0.15) is 12.4 Å². The second-order valence-electron chi connectivity index (χ2n) is 6.80. The van der Waals surface area contributed by atoms with Crippen LogP contribution in [0.15, 0.2) is 53.6 Å². The molecular formula is C23H29ClN2O2. The summed E-state index contributed by atoms with van der Waals surface area (Å²) >= 11 is 5.88. The zero-order chi connectivity index (χ0) is 20.0. The van der Waals surface area contributed by atoms with Crippen molar-refractivity contribution in [2.75, 3.05) is 0 Å². The van der Waals surface area contributed by atoms with E-state index in [-0.39, 0.29) is 5.91 Å². The molecule has 5 heteroatoms. The normalized spacial score (nSPS) is 10.9. The van der Waals surface area contributed by atoms with Gasteiger partial charge in [0, 0.05) is 11.4 Å². The second-order valence-corrected chi connectivity index (χ2v) is 7.23. The SMILES string of the molecule is CCCCCCCCC(=O)N/N=C/c1ccc(OCc2ccc(Cl)cc2)cc1. The van der Waals surface area contributed by atoms with Crippen molar-refractivity contribution in [3.8, 4) is 5.75 Å². The van der Waals surface area contributed by atoms with Crippen LogP contribution in [-0.4, -0.2) is 12.1 Å². The molecule has 0 aromatic heterocycles. The van der Waals surface area contributed by atoms with Crippen LogP contribution in [-0.2, 0) is 11.4 Å². The summed E-state index contributed by atoms with van der Waals surface area (Å²) in [4.78, 5) is 11.8. The molecule has 0 radical (unpaired) electrons. The summed E-state index contributed by atoms with van der Waals surface area (Å²) in [6.07, 6.45) is 9.18. The first-order valence-corrected chi connectivity index (χ1v) is 10.3. The molecule has 0 unspecified atom stereocenters. The van der Waals surface area contributed by atoms with Crippen molar-refractivity contribution in [2.45, 2.75) is 58.5 Å². The number of nitrogens with zero attached hydrogens (tertiary/aromatic N) is 1. The molecule has 0 aliphatic carbocycles. The number of ether oxygens (including phenoxy) is 1. The van der Waals surface area contributed by atoms with Gasteiger partial charge in [0.2, 0.25) is 5.91 Å². The molecule has 0 aliphatic rings. The minimum absolute atomic E-state index is 0.0327. The zero-order valence-electron chi connectivity index (χ0n) is 16.5. The van der Waals surface area contributed by atoms with E-state index in [0.717, 1.165) is 29.7 Å². The number of rotatable bonds is 12. The van der Waals surface area contributed by atoms with Crippen molar-refractivity contribution < 1.29 is 9.53 Å². The molecule has 0 aliphatic heterocycles. The lowest BCUT2D eigenvalue weighted by Crippen LogP contribution is -2.16. The fraction of sp³-hybridized carbons (Fsp3) is 0.391. The van der Waals surface area contributed by atoms with E-state index < -0.39 is 0 Å². The number of hydrazone groups is 1. The number of nitrogens with one attached hydrogen (secondary N) is 1. The summed E-state index contributed by atoms with van der Waals surface area (Å²) in [6.45, 7) is 2.69. The molecule has 0 saturated heterocycles. The van der Waals surface area contributed by atoms with E-state index in [9.17, 15) is 4.79 Å². The third-order valence-corrected chi connectivity index (χ3v) is 4.61. The standard InChI is InChI=1S/C23H29ClN2O2/c1-2-3-4-5-6-7-8-23(27)26-25-17-19-11-15-22(16-12-19)28-18-20-9-13-21(24)14-10-20/h9-17H,2-8,18H2,1H3,(H,26,27)/b25-17+. The number of benzene rings is 2. The molecule has 0 fully saturated rings. The third kappa shape index (κ3) is 9.05. The van der Waals surface area contributed by atoms with Gasteiger partial charge < -0.3 is 4.74 Å². The molecule has 0 heterocycles. The van der Waals surface area contributed by atoms with Crippen molar-refractivity contribution in [3.63, 3.8) is 0 Å². The van der Waals surface area contributed by atoms with Gasteiger partial charge in [0.15, 0.2) is 0 Å². The number of amides is 1. The maximum Gasteiger partial charge on any atom is 0.240 e. The Morgan fingerprint density at radius 2 is 1.68 bits per heavy atom. The van der Waals surface area contributed by atoms with E-state index in [1.165, 1.54) is 25.7 Å². The molecule has 2 aromatic carbocycles. The first-order valence-electron chi connectivity index (χ1n) is 9.96. The average molecular weight is 401 g/mol. The van der Waals surface area contributed by atoms with Gasteiger partial charge in [-0.25, -0.2) is 5.43 Å². The summed E-state index contributed by atoms with van der Waals surface area (Å²) < 4.78 is 5.75. The molecule has 4 nitrogen and oxygen atoms in total. The van der Waals surface area contributed by atoms with Crippen LogP contribution in [0.25, 0.3) is 0 Å². The van der Waals surface area contributed by atoms with Gasteiger partial charge in [0.05, 0.1) is 6.21 Å². The highest BCUT2D eigenvalue weighted by Crippen LogP contribution is 2.15. The fourth-order valence-corrected chi connectivity index (χ4v) is 2.82. The predicted molar refractivity (Wildman–Crippen MR) is 116 cm³/mol. The molecule has 2 aromatic rings. The predicted octanol–water partition coefficient (Wildman–Crippen LogP) is 6.12. The molecule has 0 bridgehead atoms. The largest absolute Gasteiger partial charge is 0.489 e. The Kier molecular flexibility index (Phi) is 10.2. The van der Waals surface area contributed by atoms with Gasteiger partial charge >= 0.3 is 0 Å². The molecule has 0 saturated carbocycles. The highest BCUT2D eigenvalue weighted by Gasteiger charge is 2.00. The fourth-order valence-electron chi connectivity index (χ4n) is 2.70. The van der Waals surface area contributed by atoms with E-state index in [1.54, 1.807) is 6.21 Å². The zero-order valence-corrected chi connectivity index (χ0v) is 17.3. The van der Waals surface area contributed by atoms with E-state index in [0.29, 0.717) is 18.1 Å². The van der Waals surface area contributed by atoms with E-state index in [4.69, 9.17) is 16.3 Å². The maximum atomic E-state index is 11.8. The van der Waals surface area contributed by atoms with Crippen LogP contribution in [0.2, 0.25) is 5.02 Å². The van der Waals surface area contributed by atoms with Gasteiger partial charge in [-0.05, 0) is 53.9 Å². The minimum atomic E-state index is -0.0327. The maximum absolute atomic E-state index is 11.8. The molecule has 2 rings (SSSR count). The van der Waals surface area contributed by atoms with Gasteiger partial charge in [0.25, 0.3) is 0 Å². The minimum Gasteiger partial charge on any atom is -0.489 e. The quantitative estimate of drug-likeness (QED) is 0.265. The monoisotopic (exact) mass is 400 g/mol. The van der Waals surface area contributed by atoms with E-state index in [2.05, 4.69) is 17.5 Å². The van der Waals surface area contributed by atoms with Crippen molar-refractivity contribution in [1.82, 2.24) is 5.43 Å². The van der Waals surface area contributed by atoms with Crippen molar-refractivity contribution in [2.24, 2.45) is 5.10 Å². The lowest BCUT2D eigenvalue weighted by Gasteiger charge is -2.06. The molecule has 28 heavy (non-hydrogen) atoms. The number of halogens is 1. The summed E-state index contributed by atoms with van der Waals surface area (Å²) in [6, 6.07) is 15.2. The topological polar surface area (TPSA) is 50.7 Å². The molecule has 1 amide bonds. The summed E-state index contributed by atoms with van der Waals surface area (Å²) in [5.41, 5.74) is 4.55. The van der Waals surface area contributed by atoms with Crippen LogP contribution >= 0.6 is 11.6 Å². The summed E-state index contributed by atoms with van der Waals surface area (Å²) in [5, 5.41) is 4.74. The van der Waals surface area contributed by atoms with Gasteiger partial charge in [-0.3, -0.25) is 4.79 Å². The van der Waals surface area contributed by atoms with Crippen LogP contribution in [0.5, 0.6) is 5.75 Å². The smallest absolute Gasteiger partial charge is 0.240 e. The highest BCUT2D eigenvalue weighted by atomic mass is 35.5. The van der Waals surface area contributed by atoms with Crippen molar-refractivity contribution in [1.29, 1.82) is 0 Å². The Morgan fingerprint density at radius 1 is 1.00 bits per heavy atom. The van der Waals surface area contributed by atoms with Crippen LogP contribution in [0, 0.1) is 0 Å². The molecule has 0 atom stereocenters. The first kappa shape index (κ1) is 22.0. The lowest BCUT2D eigenvalue weighted by atomic mass is 10.1. The average Bonchev–Trinajstić information content (AvgIpc) is 2.71. The number of hydrogen-bond acceptors (Lipinski definition) is 3. The number of carbonyl (C=O) groups excluding carboxylic acids is 1.